The minimum Gasteiger partial charge on any atom is -0.493 e. The second-order valence-electron chi connectivity index (χ2n) is 8.97. The second-order valence-corrected chi connectivity index (χ2v) is 8.97. The fraction of sp³-hybridized carbons (Fsp3) is 0.345. The highest BCUT2D eigenvalue weighted by Gasteiger charge is 2.15. The molecule has 0 aliphatic carbocycles. The third kappa shape index (κ3) is 7.96. The summed E-state index contributed by atoms with van der Waals surface area (Å²) in [6, 6.07) is 11.5. The lowest BCUT2D eigenvalue weighted by atomic mass is 10.1. The number of hydrogen-bond donors (Lipinski definition) is 1. The molecule has 196 valence electrons. The molecule has 0 saturated heterocycles. The molecule has 1 amide bonds. The van der Waals surface area contributed by atoms with Crippen molar-refractivity contribution in [3.63, 3.8) is 0 Å². The lowest BCUT2D eigenvalue weighted by Gasteiger charge is -2.11. The Morgan fingerprint density at radius 3 is 2.59 bits per heavy atom. The summed E-state index contributed by atoms with van der Waals surface area (Å²) in [6.07, 6.45) is 6.09. The van der Waals surface area contributed by atoms with Crippen LogP contribution in [0.1, 0.15) is 56.0 Å². The number of carbonyl (C=O) groups is 2. The van der Waals surface area contributed by atoms with Crippen LogP contribution < -0.4 is 25.2 Å². The number of amides is 1. The molecule has 0 atom stereocenters. The standard InChI is InChI=1S/C29H33NO7/c1-5-6-7-14-35-24-12-8-20(15-26(24)34-4)9-13-27(31)36-22-11-10-21-16-23(28(32)30-18-19(2)3)29(33)37-25(21)17-22/h8-13,15-17,19H,5-7,14,18H2,1-4H3,(H,30,32)/b13-9+. The van der Waals surface area contributed by atoms with E-state index in [1.54, 1.807) is 37.5 Å². The van der Waals surface area contributed by atoms with Crippen molar-refractivity contribution in [2.45, 2.75) is 40.0 Å². The Bertz CT molecular complexity index is 1320. The van der Waals surface area contributed by atoms with Crippen molar-refractivity contribution in [2.75, 3.05) is 20.3 Å². The highest BCUT2D eigenvalue weighted by atomic mass is 16.5. The Hall–Kier alpha value is -4.07. The number of methoxy groups -OCH3 is 1. The van der Waals surface area contributed by atoms with Crippen LogP contribution in [0.4, 0.5) is 0 Å². The van der Waals surface area contributed by atoms with Crippen LogP contribution in [0.25, 0.3) is 17.0 Å². The minimum atomic E-state index is -0.760. The first-order valence-electron chi connectivity index (χ1n) is 12.4. The molecule has 2 aromatic carbocycles. The van der Waals surface area contributed by atoms with E-state index in [2.05, 4.69) is 12.2 Å². The summed E-state index contributed by atoms with van der Waals surface area (Å²) < 4.78 is 21.8. The van der Waals surface area contributed by atoms with Crippen LogP contribution in [0.2, 0.25) is 0 Å². The molecule has 8 heteroatoms. The molecule has 8 nitrogen and oxygen atoms in total. The van der Waals surface area contributed by atoms with Gasteiger partial charge in [0.15, 0.2) is 11.5 Å². The first-order valence-corrected chi connectivity index (χ1v) is 12.4. The van der Waals surface area contributed by atoms with Gasteiger partial charge in [0.1, 0.15) is 16.9 Å². The first kappa shape index (κ1) is 27.5. The zero-order chi connectivity index (χ0) is 26.8. The predicted molar refractivity (Wildman–Crippen MR) is 142 cm³/mol. The zero-order valence-electron chi connectivity index (χ0n) is 21.7. The number of esters is 1. The summed E-state index contributed by atoms with van der Waals surface area (Å²) in [4.78, 5) is 37.0. The largest absolute Gasteiger partial charge is 0.493 e. The molecule has 1 heterocycles. The van der Waals surface area contributed by atoms with E-state index in [0.29, 0.717) is 30.0 Å². The van der Waals surface area contributed by atoms with E-state index in [4.69, 9.17) is 18.6 Å². The van der Waals surface area contributed by atoms with E-state index in [0.717, 1.165) is 24.8 Å². The average molecular weight is 508 g/mol. The third-order valence-electron chi connectivity index (χ3n) is 5.45. The lowest BCUT2D eigenvalue weighted by molar-refractivity contribution is -0.128. The van der Waals surface area contributed by atoms with Crippen LogP contribution in [0.15, 0.2) is 57.8 Å². The number of benzene rings is 2. The van der Waals surface area contributed by atoms with Gasteiger partial charge in [-0.3, -0.25) is 4.79 Å². The van der Waals surface area contributed by atoms with E-state index in [9.17, 15) is 14.4 Å². The Morgan fingerprint density at radius 2 is 1.86 bits per heavy atom. The second kappa shape index (κ2) is 13.3. The number of nitrogens with one attached hydrogen (secondary N) is 1. The molecule has 0 saturated carbocycles. The Labute approximate surface area is 216 Å². The van der Waals surface area contributed by atoms with Crippen molar-refractivity contribution in [1.82, 2.24) is 5.32 Å². The number of fused-ring (bicyclic) bond motifs is 1. The Kier molecular flexibility index (Phi) is 9.89. The highest BCUT2D eigenvalue weighted by molar-refractivity contribution is 5.97. The van der Waals surface area contributed by atoms with Gasteiger partial charge in [0.05, 0.1) is 13.7 Å². The molecule has 3 rings (SSSR count). The minimum absolute atomic E-state index is 0.0753. The maximum absolute atomic E-state index is 12.4. The first-order chi connectivity index (χ1) is 17.8. The maximum atomic E-state index is 12.4. The van der Waals surface area contributed by atoms with Crippen LogP contribution in [0.5, 0.6) is 17.2 Å². The number of carbonyl (C=O) groups excluding carboxylic acids is 2. The van der Waals surface area contributed by atoms with E-state index in [1.807, 2.05) is 19.9 Å². The zero-order valence-corrected chi connectivity index (χ0v) is 21.7. The van der Waals surface area contributed by atoms with Crippen LogP contribution in [0, 0.1) is 5.92 Å². The van der Waals surface area contributed by atoms with E-state index >= 15 is 0 Å². The van der Waals surface area contributed by atoms with Crippen molar-refractivity contribution in [3.8, 4) is 17.2 Å². The van der Waals surface area contributed by atoms with Crippen LogP contribution in [-0.4, -0.2) is 32.1 Å². The van der Waals surface area contributed by atoms with Crippen molar-refractivity contribution in [3.05, 3.63) is 70.1 Å². The summed E-state index contributed by atoms with van der Waals surface area (Å²) in [5, 5.41) is 3.24. The summed E-state index contributed by atoms with van der Waals surface area (Å²) in [6.45, 7) is 7.11. The topological polar surface area (TPSA) is 104 Å². The number of unbranched alkanes of at least 4 members (excludes halogenated alkanes) is 2. The van der Waals surface area contributed by atoms with Gasteiger partial charge >= 0.3 is 11.6 Å². The summed E-state index contributed by atoms with van der Waals surface area (Å²) in [5.74, 6) is 0.586. The third-order valence-corrected chi connectivity index (χ3v) is 5.45. The molecule has 1 aromatic heterocycles. The fourth-order valence-corrected chi connectivity index (χ4v) is 3.46. The monoisotopic (exact) mass is 507 g/mol. The normalized spacial score (nSPS) is 11.2. The molecule has 0 spiro atoms. The fourth-order valence-electron chi connectivity index (χ4n) is 3.46. The molecular formula is C29H33NO7. The molecule has 37 heavy (non-hydrogen) atoms. The molecule has 0 fully saturated rings. The van der Waals surface area contributed by atoms with Crippen LogP contribution in [0.3, 0.4) is 0 Å². The van der Waals surface area contributed by atoms with E-state index < -0.39 is 17.5 Å². The number of hydrogen-bond acceptors (Lipinski definition) is 7. The molecule has 0 aliphatic rings. The van der Waals surface area contributed by atoms with E-state index in [1.165, 1.54) is 18.2 Å². The van der Waals surface area contributed by atoms with Gasteiger partial charge in [0.2, 0.25) is 0 Å². The average Bonchev–Trinajstić information content (AvgIpc) is 2.88. The molecule has 0 radical (unpaired) electrons. The summed E-state index contributed by atoms with van der Waals surface area (Å²) >= 11 is 0. The lowest BCUT2D eigenvalue weighted by Crippen LogP contribution is -2.31. The molecule has 0 unspecified atom stereocenters. The highest BCUT2D eigenvalue weighted by Crippen LogP contribution is 2.29. The van der Waals surface area contributed by atoms with Gasteiger partial charge in [-0.25, -0.2) is 9.59 Å². The van der Waals surface area contributed by atoms with Crippen molar-refractivity contribution in [1.29, 1.82) is 0 Å². The smallest absolute Gasteiger partial charge is 0.349 e. The van der Waals surface area contributed by atoms with Gasteiger partial charge in [-0.05, 0) is 54.3 Å². The predicted octanol–water partition coefficient (Wildman–Crippen LogP) is 5.38. The maximum Gasteiger partial charge on any atom is 0.349 e. The number of rotatable bonds is 12. The Balaban J connectivity index is 1.66. The van der Waals surface area contributed by atoms with Crippen LogP contribution >= 0.6 is 0 Å². The van der Waals surface area contributed by atoms with Gasteiger partial charge < -0.3 is 23.9 Å². The van der Waals surface area contributed by atoms with Crippen molar-refractivity contribution < 1.29 is 28.2 Å². The van der Waals surface area contributed by atoms with Gasteiger partial charge in [-0.1, -0.05) is 39.7 Å². The van der Waals surface area contributed by atoms with Crippen LogP contribution in [-0.2, 0) is 4.79 Å². The van der Waals surface area contributed by atoms with E-state index in [-0.39, 0.29) is 22.8 Å². The van der Waals surface area contributed by atoms with Crippen molar-refractivity contribution >= 4 is 28.9 Å². The SMILES string of the molecule is CCCCCOc1ccc(/C=C/C(=O)Oc2ccc3cc(C(=O)NCC(C)C)c(=O)oc3c2)cc1OC. The molecular weight excluding hydrogens is 474 g/mol. The molecule has 0 bridgehead atoms. The molecule has 1 N–H and O–H groups in total. The molecule has 3 aromatic rings. The van der Waals surface area contributed by atoms with Gasteiger partial charge in [0.25, 0.3) is 5.91 Å². The van der Waals surface area contributed by atoms with Gasteiger partial charge in [0, 0.05) is 24.1 Å². The van der Waals surface area contributed by atoms with Crippen molar-refractivity contribution in [2.24, 2.45) is 5.92 Å². The molecule has 0 aliphatic heterocycles. The quantitative estimate of drug-likeness (QED) is 0.115. The number of ether oxygens (including phenoxy) is 3. The Morgan fingerprint density at radius 1 is 1.05 bits per heavy atom. The summed E-state index contributed by atoms with van der Waals surface area (Å²) in [7, 11) is 1.56. The van der Waals surface area contributed by atoms with Gasteiger partial charge in [-0.2, -0.15) is 0 Å². The van der Waals surface area contributed by atoms with Gasteiger partial charge in [-0.15, -0.1) is 0 Å². The summed E-state index contributed by atoms with van der Waals surface area (Å²) in [5.41, 5.74) is 0.110.